The van der Waals surface area contributed by atoms with Crippen LogP contribution in [0.15, 0.2) is 29.6 Å². The minimum atomic E-state index is -0.751. The fourth-order valence-corrected chi connectivity index (χ4v) is 3.97. The molecule has 1 aromatic carbocycles. The van der Waals surface area contributed by atoms with E-state index in [1.807, 2.05) is 11.4 Å². The first-order valence-corrected chi connectivity index (χ1v) is 8.03. The van der Waals surface area contributed by atoms with Crippen LogP contribution in [-0.2, 0) is 17.8 Å². The first-order valence-electron chi connectivity index (χ1n) is 7.15. The molecule has 2 heterocycles. The first kappa shape index (κ1) is 14.3. The maximum atomic E-state index is 11.7. The van der Waals surface area contributed by atoms with E-state index in [4.69, 9.17) is 0 Å². The summed E-state index contributed by atoms with van der Waals surface area (Å²) in [6.07, 6.45) is 0.946. The second-order valence-electron chi connectivity index (χ2n) is 5.69. The molecule has 0 saturated carbocycles. The molecule has 1 aliphatic rings. The molecule has 3 nitrogen and oxygen atoms in total. The zero-order valence-electron chi connectivity index (χ0n) is 12.3. The molecule has 1 unspecified atom stereocenters. The van der Waals surface area contributed by atoms with Crippen molar-refractivity contribution in [2.45, 2.75) is 32.9 Å². The standard InChI is InChI=1S/C17H19NO2S/c1-11-3-4-13(12(2)9-11)10-18-7-5-15-14(6-8-21-15)16(18)17(19)20/h3-4,6,8-9,16H,5,7,10H2,1-2H3,(H,19,20). The number of aryl methyl sites for hydroxylation is 2. The normalized spacial score (nSPS) is 18.5. The second-order valence-corrected chi connectivity index (χ2v) is 6.69. The van der Waals surface area contributed by atoms with E-state index in [-0.39, 0.29) is 0 Å². The Balaban J connectivity index is 1.90. The van der Waals surface area contributed by atoms with Crippen molar-refractivity contribution in [3.8, 4) is 0 Å². The van der Waals surface area contributed by atoms with Gasteiger partial charge in [0.15, 0.2) is 0 Å². The van der Waals surface area contributed by atoms with Crippen LogP contribution in [-0.4, -0.2) is 22.5 Å². The molecular weight excluding hydrogens is 282 g/mol. The second kappa shape index (κ2) is 5.62. The highest BCUT2D eigenvalue weighted by Gasteiger charge is 2.33. The maximum Gasteiger partial charge on any atom is 0.325 e. The summed E-state index contributed by atoms with van der Waals surface area (Å²) in [4.78, 5) is 15.0. The van der Waals surface area contributed by atoms with Crippen LogP contribution in [0.3, 0.4) is 0 Å². The van der Waals surface area contributed by atoms with Gasteiger partial charge in [-0.15, -0.1) is 11.3 Å². The molecule has 1 aromatic heterocycles. The lowest BCUT2D eigenvalue weighted by atomic mass is 9.98. The van der Waals surface area contributed by atoms with E-state index in [2.05, 4.69) is 36.9 Å². The minimum absolute atomic E-state index is 0.513. The van der Waals surface area contributed by atoms with Crippen LogP contribution < -0.4 is 0 Å². The third-order valence-corrected chi connectivity index (χ3v) is 5.17. The lowest BCUT2D eigenvalue weighted by molar-refractivity contribution is -0.144. The van der Waals surface area contributed by atoms with Crippen molar-refractivity contribution >= 4 is 17.3 Å². The van der Waals surface area contributed by atoms with E-state index in [1.54, 1.807) is 11.3 Å². The highest BCUT2D eigenvalue weighted by molar-refractivity contribution is 7.10. The average Bonchev–Trinajstić information content (AvgIpc) is 2.89. The lowest BCUT2D eigenvalue weighted by Crippen LogP contribution is -2.38. The molecule has 1 aliphatic heterocycles. The molecule has 4 heteroatoms. The average molecular weight is 301 g/mol. The molecule has 21 heavy (non-hydrogen) atoms. The molecule has 0 amide bonds. The van der Waals surface area contributed by atoms with Crippen molar-refractivity contribution in [1.82, 2.24) is 4.90 Å². The molecule has 2 aromatic rings. The highest BCUT2D eigenvalue weighted by atomic mass is 32.1. The van der Waals surface area contributed by atoms with Crippen molar-refractivity contribution < 1.29 is 9.90 Å². The molecule has 0 spiro atoms. The Morgan fingerprint density at radius 2 is 2.19 bits per heavy atom. The van der Waals surface area contributed by atoms with E-state index in [0.717, 1.165) is 18.5 Å². The molecule has 1 atom stereocenters. The van der Waals surface area contributed by atoms with E-state index in [1.165, 1.54) is 21.6 Å². The Hall–Kier alpha value is -1.65. The zero-order chi connectivity index (χ0) is 15.0. The van der Waals surface area contributed by atoms with Gasteiger partial charge in [0.05, 0.1) is 0 Å². The predicted octanol–water partition coefficient (Wildman–Crippen LogP) is 3.55. The smallest absolute Gasteiger partial charge is 0.325 e. The van der Waals surface area contributed by atoms with Crippen LogP contribution in [0.1, 0.15) is 33.2 Å². The number of aliphatic carboxylic acids is 1. The molecule has 0 fully saturated rings. The van der Waals surface area contributed by atoms with E-state index in [9.17, 15) is 9.90 Å². The van der Waals surface area contributed by atoms with E-state index in [0.29, 0.717) is 6.54 Å². The summed E-state index contributed by atoms with van der Waals surface area (Å²) >= 11 is 1.67. The number of hydrogen-bond donors (Lipinski definition) is 1. The number of hydrogen-bond acceptors (Lipinski definition) is 3. The van der Waals surface area contributed by atoms with Gasteiger partial charge in [-0.1, -0.05) is 23.8 Å². The van der Waals surface area contributed by atoms with Gasteiger partial charge in [-0.3, -0.25) is 9.69 Å². The Kier molecular flexibility index (Phi) is 3.83. The summed E-state index contributed by atoms with van der Waals surface area (Å²) in [5.41, 5.74) is 4.66. The van der Waals surface area contributed by atoms with Gasteiger partial charge in [0, 0.05) is 18.0 Å². The summed E-state index contributed by atoms with van der Waals surface area (Å²) in [5, 5.41) is 11.6. The quantitative estimate of drug-likeness (QED) is 0.942. The van der Waals surface area contributed by atoms with Crippen LogP contribution >= 0.6 is 11.3 Å². The Bertz CT molecular complexity index is 677. The Morgan fingerprint density at radius 1 is 1.38 bits per heavy atom. The molecule has 3 rings (SSSR count). The van der Waals surface area contributed by atoms with Gasteiger partial charge in [-0.05, 0) is 48.4 Å². The third kappa shape index (κ3) is 2.74. The van der Waals surface area contributed by atoms with Gasteiger partial charge in [-0.2, -0.15) is 0 Å². The van der Waals surface area contributed by atoms with E-state index >= 15 is 0 Å². The molecule has 1 N–H and O–H groups in total. The van der Waals surface area contributed by atoms with Gasteiger partial charge >= 0.3 is 5.97 Å². The predicted molar refractivity (Wildman–Crippen MR) is 84.7 cm³/mol. The van der Waals surface area contributed by atoms with Gasteiger partial charge < -0.3 is 5.11 Å². The number of fused-ring (bicyclic) bond motifs is 1. The number of thiophene rings is 1. The summed E-state index contributed by atoms with van der Waals surface area (Å²) in [6, 6.07) is 7.82. The Labute approximate surface area is 128 Å². The van der Waals surface area contributed by atoms with Crippen molar-refractivity contribution in [2.24, 2.45) is 0 Å². The van der Waals surface area contributed by atoms with Crippen molar-refractivity contribution in [3.05, 3.63) is 56.8 Å². The van der Waals surface area contributed by atoms with Gasteiger partial charge in [0.2, 0.25) is 0 Å². The maximum absolute atomic E-state index is 11.7. The van der Waals surface area contributed by atoms with Gasteiger partial charge in [0.25, 0.3) is 0 Å². The SMILES string of the molecule is Cc1ccc(CN2CCc3sccc3C2C(=O)O)c(C)c1. The number of carboxylic acids is 1. The van der Waals surface area contributed by atoms with Gasteiger partial charge in [-0.25, -0.2) is 0 Å². The van der Waals surface area contributed by atoms with Crippen molar-refractivity contribution in [3.63, 3.8) is 0 Å². The Morgan fingerprint density at radius 3 is 2.90 bits per heavy atom. The monoisotopic (exact) mass is 301 g/mol. The largest absolute Gasteiger partial charge is 0.480 e. The van der Waals surface area contributed by atoms with Crippen LogP contribution in [0, 0.1) is 13.8 Å². The lowest BCUT2D eigenvalue weighted by Gasteiger charge is -2.33. The summed E-state index contributed by atoms with van der Waals surface area (Å²) in [5.74, 6) is -0.751. The molecular formula is C17H19NO2S. The molecule has 110 valence electrons. The van der Waals surface area contributed by atoms with Crippen molar-refractivity contribution in [1.29, 1.82) is 0 Å². The number of carboxylic acid groups (broad SMARTS) is 1. The van der Waals surface area contributed by atoms with Crippen molar-refractivity contribution in [2.75, 3.05) is 6.54 Å². The minimum Gasteiger partial charge on any atom is -0.480 e. The molecule has 0 bridgehead atoms. The zero-order valence-corrected chi connectivity index (χ0v) is 13.1. The summed E-state index contributed by atoms with van der Waals surface area (Å²) in [6.45, 7) is 5.67. The van der Waals surface area contributed by atoms with E-state index < -0.39 is 12.0 Å². The number of carbonyl (C=O) groups is 1. The topological polar surface area (TPSA) is 40.5 Å². The van der Waals surface area contributed by atoms with Crippen LogP contribution in [0.2, 0.25) is 0 Å². The van der Waals surface area contributed by atoms with Crippen LogP contribution in [0.25, 0.3) is 0 Å². The number of benzene rings is 1. The van der Waals surface area contributed by atoms with Crippen LogP contribution in [0.4, 0.5) is 0 Å². The number of nitrogens with zero attached hydrogens (tertiary/aromatic N) is 1. The summed E-state index contributed by atoms with van der Waals surface area (Å²) < 4.78 is 0. The van der Waals surface area contributed by atoms with Gasteiger partial charge in [0.1, 0.15) is 6.04 Å². The van der Waals surface area contributed by atoms with Crippen LogP contribution in [0.5, 0.6) is 0 Å². The molecule has 0 radical (unpaired) electrons. The summed E-state index contributed by atoms with van der Waals surface area (Å²) in [7, 11) is 0. The molecule has 0 saturated heterocycles. The number of rotatable bonds is 3. The third-order valence-electron chi connectivity index (χ3n) is 4.17. The fraction of sp³-hybridized carbons (Fsp3) is 0.353. The molecule has 0 aliphatic carbocycles. The highest BCUT2D eigenvalue weighted by Crippen LogP contribution is 2.34. The fourth-order valence-electron chi connectivity index (χ4n) is 3.07. The first-order chi connectivity index (χ1) is 10.1.